The van der Waals surface area contributed by atoms with Crippen LogP contribution in [-0.4, -0.2) is 43.3 Å². The molecular formula is C26H30N2O5. The fourth-order valence-corrected chi connectivity index (χ4v) is 3.20. The van der Waals surface area contributed by atoms with E-state index in [1.165, 1.54) is 12.7 Å². The number of carbonyl (C=O) groups excluding carboxylic acids is 1. The van der Waals surface area contributed by atoms with Crippen LogP contribution in [0.5, 0.6) is 5.75 Å². The maximum atomic E-state index is 12.1. The van der Waals surface area contributed by atoms with E-state index in [4.69, 9.17) is 18.6 Å². The normalized spacial score (nSPS) is 11.0. The molecule has 0 bridgehead atoms. The van der Waals surface area contributed by atoms with Gasteiger partial charge in [-0.3, -0.25) is 0 Å². The largest absolute Gasteiger partial charge is 0.497 e. The first-order chi connectivity index (χ1) is 16.2. The third kappa shape index (κ3) is 8.12. The second kappa shape index (κ2) is 13.1. The SMILES string of the molecule is COC(=O)N(C/C=C\c1nc(CCCOCc2ccccc2)co1)Cc1ccc(OC)cc1. The molecule has 0 aliphatic heterocycles. The Balaban J connectivity index is 1.43. The number of amides is 1. The van der Waals surface area contributed by atoms with E-state index in [9.17, 15) is 4.79 Å². The molecule has 0 saturated heterocycles. The molecule has 0 atom stereocenters. The number of oxazole rings is 1. The second-order valence-corrected chi connectivity index (χ2v) is 7.42. The number of methoxy groups -OCH3 is 2. The monoisotopic (exact) mass is 450 g/mol. The number of rotatable bonds is 12. The third-order valence-electron chi connectivity index (χ3n) is 4.95. The van der Waals surface area contributed by atoms with Crippen LogP contribution in [-0.2, 0) is 29.0 Å². The van der Waals surface area contributed by atoms with Crippen LogP contribution < -0.4 is 4.74 Å². The number of hydrogen-bond acceptors (Lipinski definition) is 6. The summed E-state index contributed by atoms with van der Waals surface area (Å²) in [6, 6.07) is 17.7. The summed E-state index contributed by atoms with van der Waals surface area (Å²) in [4.78, 5) is 18.2. The number of benzene rings is 2. The van der Waals surface area contributed by atoms with E-state index in [-0.39, 0.29) is 0 Å². The van der Waals surface area contributed by atoms with Crippen molar-refractivity contribution in [2.45, 2.75) is 26.0 Å². The first-order valence-electron chi connectivity index (χ1n) is 10.9. The van der Waals surface area contributed by atoms with Gasteiger partial charge in [-0.05, 0) is 42.2 Å². The van der Waals surface area contributed by atoms with Gasteiger partial charge in [-0.2, -0.15) is 0 Å². The number of nitrogens with zero attached hydrogens (tertiary/aromatic N) is 2. The van der Waals surface area contributed by atoms with Crippen LogP contribution in [0.4, 0.5) is 4.79 Å². The fourth-order valence-electron chi connectivity index (χ4n) is 3.20. The standard InChI is InChI=1S/C26H30N2O5/c1-30-24-14-12-21(13-15-24)18-28(26(29)31-2)16-6-11-25-27-23(20-33-25)10-7-17-32-19-22-8-4-3-5-9-22/h3-6,8-9,11-15,20H,7,10,16-19H2,1-2H3/b11-6-. The lowest BCUT2D eigenvalue weighted by atomic mass is 10.2. The number of aromatic nitrogens is 1. The highest BCUT2D eigenvalue weighted by Gasteiger charge is 2.13. The van der Waals surface area contributed by atoms with Gasteiger partial charge in [0.2, 0.25) is 5.89 Å². The molecule has 3 rings (SSSR count). The van der Waals surface area contributed by atoms with Crippen LogP contribution >= 0.6 is 0 Å². The zero-order valence-corrected chi connectivity index (χ0v) is 19.1. The Hall–Kier alpha value is -3.58. The molecule has 0 radical (unpaired) electrons. The topological polar surface area (TPSA) is 74.0 Å². The Labute approximate surface area is 194 Å². The van der Waals surface area contributed by atoms with Crippen molar-refractivity contribution in [1.29, 1.82) is 0 Å². The molecule has 33 heavy (non-hydrogen) atoms. The zero-order valence-electron chi connectivity index (χ0n) is 19.1. The molecule has 0 N–H and O–H groups in total. The van der Waals surface area contributed by atoms with Gasteiger partial charge < -0.3 is 23.5 Å². The van der Waals surface area contributed by atoms with E-state index >= 15 is 0 Å². The average Bonchev–Trinajstić information content (AvgIpc) is 3.31. The minimum atomic E-state index is -0.404. The maximum absolute atomic E-state index is 12.1. The summed E-state index contributed by atoms with van der Waals surface area (Å²) in [5, 5.41) is 0. The quantitative estimate of drug-likeness (QED) is 0.357. The highest BCUT2D eigenvalue weighted by atomic mass is 16.5. The summed E-state index contributed by atoms with van der Waals surface area (Å²) in [6.45, 7) is 2.05. The molecule has 0 spiro atoms. The van der Waals surface area contributed by atoms with E-state index in [2.05, 4.69) is 17.1 Å². The van der Waals surface area contributed by atoms with E-state index in [0.29, 0.717) is 32.2 Å². The molecule has 0 aliphatic carbocycles. The summed E-state index contributed by atoms with van der Waals surface area (Å²) in [6.07, 6.45) is 6.49. The van der Waals surface area contributed by atoms with Crippen LogP contribution in [0.2, 0.25) is 0 Å². The Morgan fingerprint density at radius 1 is 1.06 bits per heavy atom. The van der Waals surface area contributed by atoms with Crippen LogP contribution in [0, 0.1) is 0 Å². The highest BCUT2D eigenvalue weighted by Crippen LogP contribution is 2.14. The molecule has 7 nitrogen and oxygen atoms in total. The predicted molar refractivity (Wildman–Crippen MR) is 126 cm³/mol. The molecule has 7 heteroatoms. The maximum Gasteiger partial charge on any atom is 0.410 e. The Bertz CT molecular complexity index is 999. The van der Waals surface area contributed by atoms with Crippen LogP contribution in [0.15, 0.2) is 71.4 Å². The van der Waals surface area contributed by atoms with E-state index in [1.807, 2.05) is 48.5 Å². The molecule has 0 fully saturated rings. The van der Waals surface area contributed by atoms with Crippen molar-refractivity contribution in [3.63, 3.8) is 0 Å². The lowest BCUT2D eigenvalue weighted by Gasteiger charge is -2.19. The van der Waals surface area contributed by atoms with Gasteiger partial charge in [0.15, 0.2) is 0 Å². The van der Waals surface area contributed by atoms with Gasteiger partial charge in [-0.15, -0.1) is 0 Å². The molecule has 1 aromatic heterocycles. The Morgan fingerprint density at radius 2 is 1.85 bits per heavy atom. The van der Waals surface area contributed by atoms with E-state index < -0.39 is 6.09 Å². The van der Waals surface area contributed by atoms with Crippen molar-refractivity contribution in [2.24, 2.45) is 0 Å². The minimum absolute atomic E-state index is 0.365. The number of carbonyl (C=O) groups is 1. The number of hydrogen-bond donors (Lipinski definition) is 0. The molecule has 174 valence electrons. The molecule has 2 aromatic carbocycles. The van der Waals surface area contributed by atoms with Gasteiger partial charge in [0.25, 0.3) is 0 Å². The molecule has 1 amide bonds. The van der Waals surface area contributed by atoms with E-state index in [0.717, 1.165) is 29.8 Å². The predicted octanol–water partition coefficient (Wildman–Crippen LogP) is 5.11. The lowest BCUT2D eigenvalue weighted by molar-refractivity contribution is 0.118. The Morgan fingerprint density at radius 3 is 2.58 bits per heavy atom. The minimum Gasteiger partial charge on any atom is -0.497 e. The second-order valence-electron chi connectivity index (χ2n) is 7.42. The van der Waals surface area contributed by atoms with E-state index in [1.54, 1.807) is 24.3 Å². The molecule has 0 unspecified atom stereocenters. The van der Waals surface area contributed by atoms with Crippen LogP contribution in [0.3, 0.4) is 0 Å². The van der Waals surface area contributed by atoms with Gasteiger partial charge in [0, 0.05) is 19.7 Å². The fraction of sp³-hybridized carbons (Fsp3) is 0.308. The molecule has 3 aromatic rings. The summed E-state index contributed by atoms with van der Waals surface area (Å²) in [5.41, 5.74) is 3.02. The zero-order chi connectivity index (χ0) is 23.3. The molecule has 0 saturated carbocycles. The number of aryl methyl sites for hydroxylation is 1. The average molecular weight is 451 g/mol. The highest BCUT2D eigenvalue weighted by molar-refractivity contribution is 5.67. The smallest absolute Gasteiger partial charge is 0.410 e. The summed E-state index contributed by atoms with van der Waals surface area (Å²) >= 11 is 0. The van der Waals surface area contributed by atoms with Gasteiger partial charge in [0.05, 0.1) is 26.5 Å². The van der Waals surface area contributed by atoms with Crippen molar-refractivity contribution >= 4 is 12.2 Å². The van der Waals surface area contributed by atoms with Gasteiger partial charge in [-0.1, -0.05) is 48.5 Å². The van der Waals surface area contributed by atoms with Gasteiger partial charge >= 0.3 is 6.09 Å². The molecule has 0 aliphatic rings. The van der Waals surface area contributed by atoms with Gasteiger partial charge in [0.1, 0.15) is 12.0 Å². The van der Waals surface area contributed by atoms with Gasteiger partial charge in [-0.25, -0.2) is 9.78 Å². The molecule has 1 heterocycles. The van der Waals surface area contributed by atoms with Crippen molar-refractivity contribution < 1.29 is 23.4 Å². The number of ether oxygens (including phenoxy) is 3. The van der Waals surface area contributed by atoms with Crippen molar-refractivity contribution in [3.8, 4) is 5.75 Å². The van der Waals surface area contributed by atoms with Crippen molar-refractivity contribution in [2.75, 3.05) is 27.4 Å². The summed E-state index contributed by atoms with van der Waals surface area (Å²) in [5.74, 6) is 1.27. The van der Waals surface area contributed by atoms with Crippen molar-refractivity contribution in [3.05, 3.63) is 89.6 Å². The third-order valence-corrected chi connectivity index (χ3v) is 4.95. The lowest BCUT2D eigenvalue weighted by Crippen LogP contribution is -2.30. The summed E-state index contributed by atoms with van der Waals surface area (Å²) < 4.78 is 21.3. The van der Waals surface area contributed by atoms with Crippen LogP contribution in [0.1, 0.15) is 29.1 Å². The molecular weight excluding hydrogens is 420 g/mol. The first-order valence-corrected chi connectivity index (χ1v) is 10.9. The van der Waals surface area contributed by atoms with Crippen LogP contribution in [0.25, 0.3) is 6.08 Å². The Kier molecular flexibility index (Phi) is 9.54. The first kappa shape index (κ1) is 24.1. The summed E-state index contributed by atoms with van der Waals surface area (Å²) in [7, 11) is 2.99. The van der Waals surface area contributed by atoms with Crippen molar-refractivity contribution in [1.82, 2.24) is 9.88 Å².